The van der Waals surface area contributed by atoms with E-state index in [0.29, 0.717) is 5.56 Å². The van der Waals surface area contributed by atoms with Crippen molar-refractivity contribution < 1.29 is 19.1 Å². The zero-order chi connectivity index (χ0) is 23.8. The Balaban J connectivity index is 3.14. The molecular weight excluding hydrogens is 394 g/mol. The molecule has 0 spiro atoms. The van der Waals surface area contributed by atoms with Crippen molar-refractivity contribution in [2.75, 3.05) is 6.54 Å². The molecule has 2 atom stereocenters. The van der Waals surface area contributed by atoms with E-state index in [-0.39, 0.29) is 11.9 Å². The Hall–Kier alpha value is -3.01. The maximum Gasteiger partial charge on any atom is 0.408 e. The van der Waals surface area contributed by atoms with Gasteiger partial charge in [0.1, 0.15) is 18.2 Å². The molecule has 0 aliphatic carbocycles. The van der Waals surface area contributed by atoms with Crippen molar-refractivity contribution in [3.63, 3.8) is 0 Å². The second kappa shape index (κ2) is 11.4. The predicted octanol–water partition coefficient (Wildman–Crippen LogP) is 3.59. The van der Waals surface area contributed by atoms with E-state index in [2.05, 4.69) is 16.7 Å². The van der Waals surface area contributed by atoms with Gasteiger partial charge in [0.2, 0.25) is 5.91 Å². The topological polar surface area (TPSA) is 87.7 Å². The molecule has 3 amide bonds. The molecule has 0 bridgehead atoms. The molecule has 0 fully saturated rings. The molecule has 1 aromatic carbocycles. The van der Waals surface area contributed by atoms with E-state index in [1.54, 1.807) is 26.8 Å². The maximum atomic E-state index is 13.1. The summed E-state index contributed by atoms with van der Waals surface area (Å²) in [6, 6.07) is 6.76. The molecule has 2 unspecified atom stereocenters. The number of rotatable bonds is 8. The number of hydrogen-bond donors (Lipinski definition) is 2. The molecule has 0 saturated heterocycles. The molecule has 170 valence electrons. The molecule has 31 heavy (non-hydrogen) atoms. The molecule has 0 aliphatic rings. The van der Waals surface area contributed by atoms with Crippen LogP contribution in [0, 0.1) is 26.3 Å². The molecule has 7 nitrogen and oxygen atoms in total. The van der Waals surface area contributed by atoms with Crippen molar-refractivity contribution in [2.24, 2.45) is 0 Å². The van der Waals surface area contributed by atoms with Gasteiger partial charge in [0, 0.05) is 12.1 Å². The SMILES string of the molecule is C#CN(C(=O)CNC(=O)OC(C)(C)C)C(C(=O)NC(C)CCC)c1ccc(C)c(C)c1. The van der Waals surface area contributed by atoms with E-state index < -0.39 is 30.2 Å². The average molecular weight is 430 g/mol. The molecular formula is C24H35N3O4. The van der Waals surface area contributed by atoms with Gasteiger partial charge in [0.25, 0.3) is 5.91 Å². The minimum absolute atomic E-state index is 0.0684. The van der Waals surface area contributed by atoms with Gasteiger partial charge in [-0.15, -0.1) is 0 Å². The van der Waals surface area contributed by atoms with Crippen LogP contribution in [-0.2, 0) is 14.3 Å². The lowest BCUT2D eigenvalue weighted by Crippen LogP contribution is -2.47. The maximum absolute atomic E-state index is 13.1. The van der Waals surface area contributed by atoms with E-state index in [1.165, 1.54) is 0 Å². The number of benzene rings is 1. The first kappa shape index (κ1) is 26.0. The largest absolute Gasteiger partial charge is 0.444 e. The highest BCUT2D eigenvalue weighted by atomic mass is 16.6. The average Bonchev–Trinajstić information content (AvgIpc) is 2.65. The number of ether oxygens (including phenoxy) is 1. The van der Waals surface area contributed by atoms with Crippen LogP contribution in [0.25, 0.3) is 0 Å². The van der Waals surface area contributed by atoms with Crippen LogP contribution >= 0.6 is 0 Å². The summed E-state index contributed by atoms with van der Waals surface area (Å²) in [5, 5.41) is 5.34. The van der Waals surface area contributed by atoms with E-state index >= 15 is 0 Å². The van der Waals surface area contributed by atoms with Crippen LogP contribution in [0.3, 0.4) is 0 Å². The lowest BCUT2D eigenvalue weighted by atomic mass is 9.99. The third-order valence-electron chi connectivity index (χ3n) is 4.65. The number of alkyl carbamates (subject to hydrolysis) is 1. The highest BCUT2D eigenvalue weighted by Gasteiger charge is 2.32. The van der Waals surface area contributed by atoms with Crippen molar-refractivity contribution >= 4 is 17.9 Å². The first-order chi connectivity index (χ1) is 14.4. The van der Waals surface area contributed by atoms with Crippen LogP contribution in [0.4, 0.5) is 4.79 Å². The zero-order valence-electron chi connectivity index (χ0n) is 19.7. The summed E-state index contributed by atoms with van der Waals surface area (Å²) in [6.07, 6.45) is 6.62. The fourth-order valence-electron chi connectivity index (χ4n) is 3.02. The third kappa shape index (κ3) is 8.33. The van der Waals surface area contributed by atoms with Gasteiger partial charge < -0.3 is 15.4 Å². The minimum atomic E-state index is -1.02. The van der Waals surface area contributed by atoms with E-state index in [0.717, 1.165) is 28.9 Å². The molecule has 2 N–H and O–H groups in total. The van der Waals surface area contributed by atoms with Crippen LogP contribution in [0.15, 0.2) is 18.2 Å². The smallest absolute Gasteiger partial charge is 0.408 e. The van der Waals surface area contributed by atoms with Crippen molar-refractivity contribution in [1.29, 1.82) is 0 Å². The van der Waals surface area contributed by atoms with Gasteiger partial charge >= 0.3 is 6.09 Å². The summed E-state index contributed by atoms with van der Waals surface area (Å²) in [6.45, 7) is 12.6. The van der Waals surface area contributed by atoms with Gasteiger partial charge in [-0.05, 0) is 64.7 Å². The second-order valence-electron chi connectivity index (χ2n) is 8.69. The van der Waals surface area contributed by atoms with Gasteiger partial charge in [0.15, 0.2) is 0 Å². The van der Waals surface area contributed by atoms with Gasteiger partial charge in [-0.3, -0.25) is 14.5 Å². The third-order valence-corrected chi connectivity index (χ3v) is 4.65. The highest BCUT2D eigenvalue weighted by Crippen LogP contribution is 2.24. The Morgan fingerprint density at radius 2 is 1.84 bits per heavy atom. The van der Waals surface area contributed by atoms with Crippen LogP contribution in [0.1, 0.15) is 70.2 Å². The van der Waals surface area contributed by atoms with Crippen molar-refractivity contribution in [3.8, 4) is 12.5 Å². The minimum Gasteiger partial charge on any atom is -0.444 e. The summed E-state index contributed by atoms with van der Waals surface area (Å²) in [7, 11) is 0. The van der Waals surface area contributed by atoms with E-state index in [1.807, 2.05) is 39.8 Å². The normalized spacial score (nSPS) is 12.8. The van der Waals surface area contributed by atoms with Gasteiger partial charge in [-0.2, -0.15) is 0 Å². The fraction of sp³-hybridized carbons (Fsp3) is 0.542. The first-order valence-electron chi connectivity index (χ1n) is 10.5. The Bertz CT molecular complexity index is 836. The zero-order valence-corrected chi connectivity index (χ0v) is 19.7. The predicted molar refractivity (Wildman–Crippen MR) is 121 cm³/mol. The van der Waals surface area contributed by atoms with Crippen molar-refractivity contribution in [2.45, 2.75) is 79.0 Å². The van der Waals surface area contributed by atoms with E-state index in [4.69, 9.17) is 11.2 Å². The number of nitrogens with one attached hydrogen (secondary N) is 2. The second-order valence-corrected chi connectivity index (χ2v) is 8.69. The summed E-state index contributed by atoms with van der Waals surface area (Å²) in [4.78, 5) is 38.9. The molecule has 0 aromatic heterocycles. The Morgan fingerprint density at radius 1 is 1.19 bits per heavy atom. The fourth-order valence-corrected chi connectivity index (χ4v) is 3.02. The lowest BCUT2D eigenvalue weighted by molar-refractivity contribution is -0.136. The number of hydrogen-bond acceptors (Lipinski definition) is 4. The van der Waals surface area contributed by atoms with Gasteiger partial charge in [0.05, 0.1) is 0 Å². The number of terminal acetylenes is 1. The van der Waals surface area contributed by atoms with Crippen molar-refractivity contribution in [1.82, 2.24) is 15.5 Å². The van der Waals surface area contributed by atoms with Crippen LogP contribution in [0.2, 0.25) is 0 Å². The van der Waals surface area contributed by atoms with Gasteiger partial charge in [-0.25, -0.2) is 4.79 Å². The number of amides is 3. The molecule has 7 heteroatoms. The van der Waals surface area contributed by atoms with Crippen molar-refractivity contribution in [3.05, 3.63) is 34.9 Å². The lowest BCUT2D eigenvalue weighted by Gasteiger charge is -2.28. The number of nitrogens with zero attached hydrogens (tertiary/aromatic N) is 1. The summed E-state index contributed by atoms with van der Waals surface area (Å²) in [5.74, 6) is -0.956. The molecule has 0 radical (unpaired) electrons. The van der Waals surface area contributed by atoms with Crippen LogP contribution in [-0.4, -0.2) is 41.0 Å². The first-order valence-corrected chi connectivity index (χ1v) is 10.5. The molecule has 0 aliphatic heterocycles. The number of aryl methyl sites for hydroxylation is 2. The highest BCUT2D eigenvalue weighted by molar-refractivity contribution is 5.91. The summed E-state index contributed by atoms with van der Waals surface area (Å²) in [5.41, 5.74) is 1.95. The molecule has 1 rings (SSSR count). The van der Waals surface area contributed by atoms with Crippen LogP contribution in [0.5, 0.6) is 0 Å². The molecule has 0 saturated carbocycles. The molecule has 0 heterocycles. The number of carbonyl (C=O) groups is 3. The summed E-state index contributed by atoms with van der Waals surface area (Å²) < 4.78 is 5.15. The molecule has 1 aromatic rings. The summed E-state index contributed by atoms with van der Waals surface area (Å²) >= 11 is 0. The van der Waals surface area contributed by atoms with Crippen LogP contribution < -0.4 is 10.6 Å². The number of carbonyl (C=O) groups excluding carboxylic acids is 3. The Morgan fingerprint density at radius 3 is 2.35 bits per heavy atom. The quantitative estimate of drug-likeness (QED) is 0.488. The standard InChI is InChI=1S/C24H35N3O4/c1-9-11-18(5)26-22(29)21(19-13-12-16(3)17(4)14-19)27(10-2)20(28)15-25-23(30)31-24(6,7)8/h2,12-14,18,21H,9,11,15H2,1,3-8H3,(H,25,30)(H,26,29). The Labute approximate surface area is 185 Å². The monoisotopic (exact) mass is 429 g/mol. The van der Waals surface area contributed by atoms with E-state index in [9.17, 15) is 14.4 Å². The van der Waals surface area contributed by atoms with Gasteiger partial charge in [-0.1, -0.05) is 38.0 Å². The Kier molecular flexibility index (Phi) is 9.57.